The molecule has 5 nitrogen and oxygen atoms in total. The molecule has 2 N–H and O–H groups in total. The van der Waals surface area contributed by atoms with Crippen molar-refractivity contribution in [1.29, 1.82) is 0 Å². The van der Waals surface area contributed by atoms with Crippen molar-refractivity contribution in [3.8, 4) is 0 Å². The molecule has 2 aliphatic heterocycles. The number of carbonyl (C=O) groups is 2. The zero-order chi connectivity index (χ0) is 14.1. The zero-order valence-corrected chi connectivity index (χ0v) is 11.9. The number of nitrogens with zero attached hydrogens (tertiary/aromatic N) is 1. The lowest BCUT2D eigenvalue weighted by atomic mass is 9.80. The third-order valence-electron chi connectivity index (χ3n) is 5.03. The van der Waals surface area contributed by atoms with E-state index in [2.05, 4.69) is 0 Å². The Morgan fingerprint density at radius 1 is 1.21 bits per heavy atom. The number of amides is 2. The third kappa shape index (κ3) is 2.09. The van der Waals surface area contributed by atoms with Gasteiger partial charge in [-0.3, -0.25) is 14.5 Å². The number of carbonyl (C=O) groups excluding carboxylic acids is 2. The van der Waals surface area contributed by atoms with Crippen LogP contribution in [0.25, 0.3) is 0 Å². The van der Waals surface area contributed by atoms with Gasteiger partial charge in [-0.2, -0.15) is 0 Å². The summed E-state index contributed by atoms with van der Waals surface area (Å²) in [5.41, 5.74) is 4.89. The molecule has 5 heteroatoms. The normalized spacial score (nSPS) is 25.9. The Bertz CT molecular complexity index is 371. The van der Waals surface area contributed by atoms with Crippen LogP contribution >= 0.6 is 0 Å². The highest BCUT2D eigenvalue weighted by molar-refractivity contribution is 6.06. The van der Waals surface area contributed by atoms with Gasteiger partial charge in [-0.15, -0.1) is 0 Å². The second-order valence-electron chi connectivity index (χ2n) is 5.74. The fourth-order valence-corrected chi connectivity index (χ4v) is 3.35. The van der Waals surface area contributed by atoms with E-state index in [1.54, 1.807) is 0 Å². The Labute approximate surface area is 114 Å². The first-order valence-electron chi connectivity index (χ1n) is 7.20. The molecule has 2 amide bonds. The molecule has 0 aromatic heterocycles. The zero-order valence-electron chi connectivity index (χ0n) is 11.9. The van der Waals surface area contributed by atoms with Crippen LogP contribution in [0, 0.1) is 5.41 Å². The molecule has 0 atom stereocenters. The highest BCUT2D eigenvalue weighted by atomic mass is 16.5. The first-order valence-corrected chi connectivity index (χ1v) is 7.20. The molecule has 19 heavy (non-hydrogen) atoms. The van der Waals surface area contributed by atoms with Gasteiger partial charge in [-0.1, -0.05) is 13.8 Å². The van der Waals surface area contributed by atoms with Gasteiger partial charge >= 0.3 is 0 Å². The molecule has 108 valence electrons. The fraction of sp³-hybridized carbons (Fsp3) is 0.857. The van der Waals surface area contributed by atoms with Crippen LogP contribution in [-0.2, 0) is 14.3 Å². The van der Waals surface area contributed by atoms with Gasteiger partial charge in [0, 0.05) is 26.2 Å². The summed E-state index contributed by atoms with van der Waals surface area (Å²) in [6, 6.07) is 0. The van der Waals surface area contributed by atoms with Crippen LogP contribution in [0.1, 0.15) is 46.0 Å². The van der Waals surface area contributed by atoms with Crippen molar-refractivity contribution in [2.45, 2.75) is 51.5 Å². The molecule has 0 bridgehead atoms. The lowest BCUT2D eigenvalue weighted by Gasteiger charge is -2.43. The molecule has 0 spiro atoms. The SMILES string of the molecule is CCC1(CC)CC(=O)N(C2(CN)CCOCC2)C1=O. The van der Waals surface area contributed by atoms with Crippen LogP contribution in [0.3, 0.4) is 0 Å². The second-order valence-corrected chi connectivity index (χ2v) is 5.74. The van der Waals surface area contributed by atoms with Crippen molar-refractivity contribution < 1.29 is 14.3 Å². The lowest BCUT2D eigenvalue weighted by molar-refractivity contribution is -0.152. The van der Waals surface area contributed by atoms with Gasteiger partial charge in [0.05, 0.1) is 11.0 Å². The van der Waals surface area contributed by atoms with Crippen LogP contribution in [0.4, 0.5) is 0 Å². The highest BCUT2D eigenvalue weighted by Crippen LogP contribution is 2.44. The molecule has 0 unspecified atom stereocenters. The quantitative estimate of drug-likeness (QED) is 0.774. The Balaban J connectivity index is 2.33. The lowest BCUT2D eigenvalue weighted by Crippen LogP contribution is -2.59. The molecule has 2 heterocycles. The number of ether oxygens (including phenoxy) is 1. The van der Waals surface area contributed by atoms with Crippen molar-refractivity contribution in [3.05, 3.63) is 0 Å². The number of hydrogen-bond acceptors (Lipinski definition) is 4. The number of hydrogen-bond donors (Lipinski definition) is 1. The van der Waals surface area contributed by atoms with Crippen molar-refractivity contribution in [1.82, 2.24) is 4.90 Å². The molecule has 0 radical (unpaired) electrons. The maximum atomic E-state index is 12.8. The van der Waals surface area contributed by atoms with Crippen molar-refractivity contribution in [2.75, 3.05) is 19.8 Å². The minimum atomic E-state index is -0.515. The van der Waals surface area contributed by atoms with Crippen LogP contribution in [0.5, 0.6) is 0 Å². The molecule has 2 fully saturated rings. The second kappa shape index (κ2) is 5.21. The van der Waals surface area contributed by atoms with Gasteiger partial charge in [0.1, 0.15) is 0 Å². The van der Waals surface area contributed by atoms with Gasteiger partial charge < -0.3 is 10.5 Å². The van der Waals surface area contributed by atoms with E-state index < -0.39 is 11.0 Å². The van der Waals surface area contributed by atoms with Gasteiger partial charge in [-0.25, -0.2) is 0 Å². The molecule has 0 aliphatic carbocycles. The highest BCUT2D eigenvalue weighted by Gasteiger charge is 2.55. The Morgan fingerprint density at radius 2 is 1.79 bits per heavy atom. The Hall–Kier alpha value is -0.940. The maximum absolute atomic E-state index is 12.8. The van der Waals surface area contributed by atoms with E-state index in [1.165, 1.54) is 4.90 Å². The molecule has 2 rings (SSSR count). The van der Waals surface area contributed by atoms with Crippen molar-refractivity contribution in [3.63, 3.8) is 0 Å². The molecule has 0 aromatic rings. The average Bonchev–Trinajstić information content (AvgIpc) is 2.71. The molecular weight excluding hydrogens is 244 g/mol. The van der Waals surface area contributed by atoms with Crippen LogP contribution in [0.15, 0.2) is 0 Å². The Kier molecular flexibility index (Phi) is 3.97. The van der Waals surface area contributed by atoms with Crippen LogP contribution in [0.2, 0.25) is 0 Å². The van der Waals surface area contributed by atoms with Gasteiger partial charge in [0.2, 0.25) is 11.8 Å². The smallest absolute Gasteiger partial charge is 0.236 e. The predicted octanol–water partition coefficient (Wildman–Crippen LogP) is 1.06. The minimum absolute atomic E-state index is 0.0187. The van der Waals surface area contributed by atoms with E-state index >= 15 is 0 Å². The standard InChI is InChI=1S/C14H24N2O3/c1-3-13(4-2)9-11(17)16(12(13)18)14(10-15)5-7-19-8-6-14/h3-10,15H2,1-2H3. The predicted molar refractivity (Wildman–Crippen MR) is 71.3 cm³/mol. The number of rotatable bonds is 4. The summed E-state index contributed by atoms with van der Waals surface area (Å²) in [5.74, 6) is -0.0732. The minimum Gasteiger partial charge on any atom is -0.381 e. The maximum Gasteiger partial charge on any atom is 0.236 e. The fourth-order valence-electron chi connectivity index (χ4n) is 3.35. The summed E-state index contributed by atoms with van der Waals surface area (Å²) in [7, 11) is 0. The topological polar surface area (TPSA) is 72.6 Å². The number of imide groups is 1. The largest absolute Gasteiger partial charge is 0.381 e. The molecule has 2 aliphatic rings. The summed E-state index contributed by atoms with van der Waals surface area (Å²) < 4.78 is 5.36. The van der Waals surface area contributed by atoms with Crippen LogP contribution in [-0.4, -0.2) is 42.0 Å². The summed E-state index contributed by atoms with van der Waals surface area (Å²) in [6.07, 6.45) is 3.07. The van der Waals surface area contributed by atoms with E-state index in [4.69, 9.17) is 10.5 Å². The number of nitrogens with two attached hydrogens (primary N) is 1. The monoisotopic (exact) mass is 268 g/mol. The Morgan fingerprint density at radius 3 is 2.21 bits per heavy atom. The third-order valence-corrected chi connectivity index (χ3v) is 5.03. The summed E-state index contributed by atoms with van der Waals surface area (Å²) in [5, 5.41) is 0. The number of likely N-dealkylation sites (tertiary alicyclic amines) is 1. The van der Waals surface area contributed by atoms with E-state index in [9.17, 15) is 9.59 Å². The molecule has 0 aromatic carbocycles. The van der Waals surface area contributed by atoms with Crippen molar-refractivity contribution >= 4 is 11.8 Å². The van der Waals surface area contributed by atoms with E-state index in [1.807, 2.05) is 13.8 Å². The van der Waals surface area contributed by atoms with Crippen molar-refractivity contribution in [2.24, 2.45) is 11.1 Å². The summed E-state index contributed by atoms with van der Waals surface area (Å²) >= 11 is 0. The van der Waals surface area contributed by atoms with E-state index in [-0.39, 0.29) is 11.8 Å². The van der Waals surface area contributed by atoms with Gasteiger partial charge in [0.15, 0.2) is 0 Å². The molecule has 0 saturated carbocycles. The molecule has 2 saturated heterocycles. The van der Waals surface area contributed by atoms with Gasteiger partial charge in [-0.05, 0) is 25.7 Å². The first kappa shape index (κ1) is 14.5. The van der Waals surface area contributed by atoms with E-state index in [0.29, 0.717) is 51.9 Å². The summed E-state index contributed by atoms with van der Waals surface area (Å²) in [6.45, 7) is 5.44. The average molecular weight is 268 g/mol. The first-order chi connectivity index (χ1) is 9.05. The van der Waals surface area contributed by atoms with E-state index in [0.717, 1.165) is 0 Å². The van der Waals surface area contributed by atoms with Crippen LogP contribution < -0.4 is 5.73 Å². The molecular formula is C14H24N2O3. The van der Waals surface area contributed by atoms with Gasteiger partial charge in [0.25, 0.3) is 0 Å². The summed E-state index contributed by atoms with van der Waals surface area (Å²) in [4.78, 5) is 26.7.